The number of carbonyl (C=O) groups excluding carboxylic acids is 1. The van der Waals surface area contributed by atoms with E-state index in [9.17, 15) is 9.90 Å². The number of piperidine rings is 1. The molecular formula is C18H23NO2. The summed E-state index contributed by atoms with van der Waals surface area (Å²) in [6, 6.07) is 6.80. The van der Waals surface area contributed by atoms with Crippen molar-refractivity contribution in [3.05, 3.63) is 34.9 Å². The Kier molecular flexibility index (Phi) is 3.26. The van der Waals surface area contributed by atoms with Gasteiger partial charge in [-0.3, -0.25) is 4.79 Å². The first-order valence-corrected chi connectivity index (χ1v) is 8.35. The lowest BCUT2D eigenvalue weighted by Crippen LogP contribution is -2.48. The predicted molar refractivity (Wildman–Crippen MR) is 81.3 cm³/mol. The lowest BCUT2D eigenvalue weighted by atomic mass is 9.90. The second-order valence-electron chi connectivity index (χ2n) is 6.91. The minimum absolute atomic E-state index is 0.183. The fourth-order valence-electron chi connectivity index (χ4n) is 4.50. The van der Waals surface area contributed by atoms with E-state index in [2.05, 4.69) is 17.0 Å². The van der Waals surface area contributed by atoms with E-state index >= 15 is 0 Å². The van der Waals surface area contributed by atoms with Crippen LogP contribution in [0.2, 0.25) is 0 Å². The molecule has 1 aliphatic carbocycles. The number of aryl methyl sites for hydroxylation is 2. The molecule has 3 heteroatoms. The molecule has 0 radical (unpaired) electrons. The molecule has 3 nitrogen and oxygen atoms in total. The maximum absolute atomic E-state index is 12.9. The number of benzene rings is 1. The first-order valence-electron chi connectivity index (χ1n) is 8.35. The van der Waals surface area contributed by atoms with Crippen LogP contribution in [-0.2, 0) is 12.8 Å². The molecular weight excluding hydrogens is 262 g/mol. The number of carbonyl (C=O) groups is 1. The third-order valence-corrected chi connectivity index (χ3v) is 5.54. The molecule has 2 heterocycles. The maximum atomic E-state index is 12.9. The highest BCUT2D eigenvalue weighted by molar-refractivity contribution is 5.95. The summed E-state index contributed by atoms with van der Waals surface area (Å²) in [7, 11) is 0. The summed E-state index contributed by atoms with van der Waals surface area (Å²) in [5.74, 6) is 0.183. The van der Waals surface area contributed by atoms with Crippen molar-refractivity contribution in [1.29, 1.82) is 0 Å². The van der Waals surface area contributed by atoms with Gasteiger partial charge in [-0.05, 0) is 74.6 Å². The lowest BCUT2D eigenvalue weighted by Gasteiger charge is -2.37. The summed E-state index contributed by atoms with van der Waals surface area (Å²) < 4.78 is 0. The van der Waals surface area contributed by atoms with E-state index in [1.165, 1.54) is 24.0 Å². The van der Waals surface area contributed by atoms with Crippen molar-refractivity contribution >= 4 is 5.91 Å². The largest absolute Gasteiger partial charge is 0.393 e. The fraction of sp³-hybridized carbons (Fsp3) is 0.611. The van der Waals surface area contributed by atoms with E-state index in [1.807, 2.05) is 6.07 Å². The molecule has 2 aliphatic heterocycles. The molecule has 112 valence electrons. The van der Waals surface area contributed by atoms with Gasteiger partial charge in [0.1, 0.15) is 0 Å². The number of fused-ring (bicyclic) bond motifs is 3. The SMILES string of the molecule is O=C(c1ccc2c(c1)CCCC2)N1C2CCC1CC(O)C2. The van der Waals surface area contributed by atoms with Gasteiger partial charge in [0.15, 0.2) is 0 Å². The van der Waals surface area contributed by atoms with Crippen LogP contribution >= 0.6 is 0 Å². The van der Waals surface area contributed by atoms with Gasteiger partial charge < -0.3 is 10.0 Å². The quantitative estimate of drug-likeness (QED) is 0.862. The van der Waals surface area contributed by atoms with Crippen molar-refractivity contribution in [3.8, 4) is 0 Å². The highest BCUT2D eigenvalue weighted by atomic mass is 16.3. The molecule has 2 bridgehead atoms. The van der Waals surface area contributed by atoms with Gasteiger partial charge >= 0.3 is 0 Å². The molecule has 1 amide bonds. The number of aliphatic hydroxyl groups excluding tert-OH is 1. The highest BCUT2D eigenvalue weighted by Crippen LogP contribution is 2.37. The van der Waals surface area contributed by atoms with Gasteiger partial charge in [-0.25, -0.2) is 0 Å². The van der Waals surface area contributed by atoms with Gasteiger partial charge in [0, 0.05) is 17.6 Å². The van der Waals surface area contributed by atoms with Crippen LogP contribution in [0.5, 0.6) is 0 Å². The van der Waals surface area contributed by atoms with E-state index in [0.717, 1.165) is 44.1 Å². The first-order chi connectivity index (χ1) is 10.2. The van der Waals surface area contributed by atoms with Crippen LogP contribution in [0.25, 0.3) is 0 Å². The molecule has 3 aliphatic rings. The van der Waals surface area contributed by atoms with Gasteiger partial charge in [-0.2, -0.15) is 0 Å². The zero-order valence-electron chi connectivity index (χ0n) is 12.4. The summed E-state index contributed by atoms with van der Waals surface area (Å²) in [4.78, 5) is 15.0. The maximum Gasteiger partial charge on any atom is 0.254 e. The van der Waals surface area contributed by atoms with E-state index < -0.39 is 0 Å². The first kappa shape index (κ1) is 13.3. The smallest absolute Gasteiger partial charge is 0.254 e. The van der Waals surface area contributed by atoms with Crippen LogP contribution in [0.15, 0.2) is 18.2 Å². The van der Waals surface area contributed by atoms with Crippen molar-refractivity contribution in [3.63, 3.8) is 0 Å². The fourth-order valence-corrected chi connectivity index (χ4v) is 4.50. The topological polar surface area (TPSA) is 40.5 Å². The predicted octanol–water partition coefficient (Wildman–Crippen LogP) is 2.69. The van der Waals surface area contributed by atoms with E-state index in [0.29, 0.717) is 0 Å². The van der Waals surface area contributed by atoms with E-state index in [1.54, 1.807) is 0 Å². The van der Waals surface area contributed by atoms with Crippen LogP contribution < -0.4 is 0 Å². The Morgan fingerprint density at radius 2 is 1.71 bits per heavy atom. The minimum Gasteiger partial charge on any atom is -0.393 e. The van der Waals surface area contributed by atoms with Crippen LogP contribution in [0, 0.1) is 0 Å². The lowest BCUT2D eigenvalue weighted by molar-refractivity contribution is 0.0287. The van der Waals surface area contributed by atoms with Crippen molar-refractivity contribution in [2.24, 2.45) is 0 Å². The molecule has 2 fully saturated rings. The summed E-state index contributed by atoms with van der Waals surface area (Å²) in [5.41, 5.74) is 3.65. The van der Waals surface area contributed by atoms with Gasteiger partial charge in [0.2, 0.25) is 0 Å². The molecule has 1 N–H and O–H groups in total. The van der Waals surface area contributed by atoms with E-state index in [4.69, 9.17) is 0 Å². The normalized spacial score (nSPS) is 31.1. The molecule has 4 rings (SSSR count). The monoisotopic (exact) mass is 285 g/mol. The third kappa shape index (κ3) is 2.28. The highest BCUT2D eigenvalue weighted by Gasteiger charge is 2.42. The Labute approximate surface area is 126 Å². The Bertz CT molecular complexity index is 554. The summed E-state index contributed by atoms with van der Waals surface area (Å²) >= 11 is 0. The van der Waals surface area contributed by atoms with Crippen molar-refractivity contribution in [2.45, 2.75) is 69.6 Å². The molecule has 2 atom stereocenters. The summed E-state index contributed by atoms with van der Waals surface area (Å²) in [6.45, 7) is 0. The Morgan fingerprint density at radius 1 is 1.05 bits per heavy atom. The van der Waals surface area contributed by atoms with Crippen LogP contribution in [-0.4, -0.2) is 34.1 Å². The van der Waals surface area contributed by atoms with Crippen LogP contribution in [0.1, 0.15) is 60.0 Å². The van der Waals surface area contributed by atoms with Gasteiger partial charge in [-0.15, -0.1) is 0 Å². The number of nitrogens with zero attached hydrogens (tertiary/aromatic N) is 1. The van der Waals surface area contributed by atoms with Crippen LogP contribution in [0.4, 0.5) is 0 Å². The zero-order valence-corrected chi connectivity index (χ0v) is 12.4. The number of aliphatic hydroxyl groups is 1. The standard InChI is InChI=1S/C18H23NO2/c20-17-10-15-7-8-16(11-17)19(15)18(21)14-6-5-12-3-1-2-4-13(12)9-14/h5-6,9,15-17,20H,1-4,7-8,10-11H2. The molecule has 21 heavy (non-hydrogen) atoms. The molecule has 1 aromatic rings. The average Bonchev–Trinajstić information content (AvgIpc) is 2.78. The molecule has 0 saturated carbocycles. The zero-order chi connectivity index (χ0) is 14.4. The second-order valence-corrected chi connectivity index (χ2v) is 6.91. The molecule has 0 aromatic heterocycles. The van der Waals surface area contributed by atoms with Crippen molar-refractivity contribution in [1.82, 2.24) is 4.90 Å². The van der Waals surface area contributed by atoms with Crippen molar-refractivity contribution in [2.75, 3.05) is 0 Å². The number of hydrogen-bond acceptors (Lipinski definition) is 2. The third-order valence-electron chi connectivity index (χ3n) is 5.54. The van der Waals surface area contributed by atoms with E-state index in [-0.39, 0.29) is 24.1 Å². The average molecular weight is 285 g/mol. The molecule has 2 unspecified atom stereocenters. The van der Waals surface area contributed by atoms with Gasteiger partial charge in [0.05, 0.1) is 6.10 Å². The Hall–Kier alpha value is -1.35. The van der Waals surface area contributed by atoms with Gasteiger partial charge in [0.25, 0.3) is 5.91 Å². The van der Waals surface area contributed by atoms with Crippen LogP contribution in [0.3, 0.4) is 0 Å². The Balaban J connectivity index is 1.60. The minimum atomic E-state index is -0.213. The summed E-state index contributed by atoms with van der Waals surface area (Å²) in [6.07, 6.45) is 8.19. The van der Waals surface area contributed by atoms with Gasteiger partial charge in [-0.1, -0.05) is 6.07 Å². The molecule has 2 saturated heterocycles. The van der Waals surface area contributed by atoms with Crippen molar-refractivity contribution < 1.29 is 9.90 Å². The number of hydrogen-bond donors (Lipinski definition) is 1. The molecule has 1 aromatic carbocycles. The molecule has 0 spiro atoms. The second kappa shape index (κ2) is 5.13. The number of amides is 1. The number of rotatable bonds is 1. The Morgan fingerprint density at radius 3 is 2.43 bits per heavy atom. The summed E-state index contributed by atoms with van der Waals surface area (Å²) in [5, 5.41) is 9.88.